The molecule has 15 heavy (non-hydrogen) atoms. The molecule has 2 nitrogen and oxygen atoms in total. The summed E-state index contributed by atoms with van der Waals surface area (Å²) in [5.74, 6) is -0.819. The highest BCUT2D eigenvalue weighted by molar-refractivity contribution is 5.36. The van der Waals surface area contributed by atoms with E-state index in [-0.39, 0.29) is 5.82 Å². The van der Waals surface area contributed by atoms with Gasteiger partial charge in [-0.15, -0.1) is 0 Å². The van der Waals surface area contributed by atoms with Crippen LogP contribution in [0.15, 0.2) is 18.3 Å². The van der Waals surface area contributed by atoms with Crippen LogP contribution in [0.3, 0.4) is 0 Å². The van der Waals surface area contributed by atoms with Gasteiger partial charge in [-0.25, -0.2) is 9.37 Å². The molecule has 0 saturated heterocycles. The van der Waals surface area contributed by atoms with Crippen molar-refractivity contribution in [2.45, 2.75) is 25.6 Å². The van der Waals surface area contributed by atoms with E-state index in [1.54, 1.807) is 0 Å². The minimum absolute atomic E-state index is 0.158. The normalized spacial score (nSPS) is 13.7. The number of aromatic nitrogens is 1. The van der Waals surface area contributed by atoms with Crippen LogP contribution >= 0.6 is 0 Å². The zero-order valence-electron chi connectivity index (χ0n) is 7.98. The van der Waals surface area contributed by atoms with Gasteiger partial charge in [0.25, 0.3) is 0 Å². The Morgan fingerprint density at radius 3 is 2.67 bits per heavy atom. The average molecular weight is 222 g/mol. The summed E-state index contributed by atoms with van der Waals surface area (Å²) < 4.78 is 48.8. The molecule has 1 unspecified atom stereocenters. The first kappa shape index (κ1) is 11.7. The Labute approximate surface area is 84.3 Å². The van der Waals surface area contributed by atoms with Crippen molar-refractivity contribution in [3.05, 3.63) is 24.1 Å². The molecule has 0 bridgehead atoms. The average Bonchev–Trinajstić information content (AvgIpc) is 2.05. The highest BCUT2D eigenvalue weighted by Crippen LogP contribution is 2.23. The van der Waals surface area contributed by atoms with Crippen molar-refractivity contribution in [3.8, 4) is 0 Å². The van der Waals surface area contributed by atoms with Crippen LogP contribution in [0.2, 0.25) is 0 Å². The molecule has 1 aromatic rings. The van der Waals surface area contributed by atoms with Gasteiger partial charge in [0.1, 0.15) is 0 Å². The summed E-state index contributed by atoms with van der Waals surface area (Å²) in [4.78, 5) is 3.59. The molecule has 0 fully saturated rings. The molecule has 0 aliphatic carbocycles. The van der Waals surface area contributed by atoms with Crippen LogP contribution in [0.4, 0.5) is 23.4 Å². The zero-order valence-corrected chi connectivity index (χ0v) is 7.98. The summed E-state index contributed by atoms with van der Waals surface area (Å²) in [5.41, 5.74) is 0. The number of hydrogen-bond acceptors (Lipinski definition) is 2. The van der Waals surface area contributed by atoms with Crippen molar-refractivity contribution in [2.75, 3.05) is 5.32 Å². The van der Waals surface area contributed by atoms with Crippen molar-refractivity contribution in [1.82, 2.24) is 4.98 Å². The Morgan fingerprint density at radius 2 is 2.13 bits per heavy atom. The summed E-state index contributed by atoms with van der Waals surface area (Å²) >= 11 is 0. The van der Waals surface area contributed by atoms with E-state index in [0.717, 1.165) is 6.07 Å². The summed E-state index contributed by atoms with van der Waals surface area (Å²) in [6.07, 6.45) is -3.98. The van der Waals surface area contributed by atoms with Gasteiger partial charge in [0.05, 0.1) is 6.42 Å². The van der Waals surface area contributed by atoms with Gasteiger partial charge in [-0.3, -0.25) is 0 Å². The summed E-state index contributed by atoms with van der Waals surface area (Å²) in [6, 6.07) is 1.60. The number of alkyl halides is 3. The third kappa shape index (κ3) is 4.14. The highest BCUT2D eigenvalue weighted by atomic mass is 19.4. The van der Waals surface area contributed by atoms with Gasteiger partial charge in [0.15, 0.2) is 11.6 Å². The molecule has 0 aromatic carbocycles. The van der Waals surface area contributed by atoms with Gasteiger partial charge < -0.3 is 5.32 Å². The van der Waals surface area contributed by atoms with E-state index in [2.05, 4.69) is 10.3 Å². The number of hydrogen-bond donors (Lipinski definition) is 1. The van der Waals surface area contributed by atoms with Crippen LogP contribution < -0.4 is 5.32 Å². The van der Waals surface area contributed by atoms with Gasteiger partial charge in [0.2, 0.25) is 0 Å². The maximum atomic E-state index is 13.0. The second-order valence-electron chi connectivity index (χ2n) is 3.20. The Hall–Kier alpha value is -1.33. The molecule has 0 aliphatic heterocycles. The quantitative estimate of drug-likeness (QED) is 0.795. The molecule has 84 valence electrons. The molecule has 0 spiro atoms. The molecule has 1 atom stereocenters. The lowest BCUT2D eigenvalue weighted by atomic mass is 10.2. The van der Waals surface area contributed by atoms with Crippen molar-refractivity contribution < 1.29 is 17.6 Å². The Morgan fingerprint density at radius 1 is 1.47 bits per heavy atom. The van der Waals surface area contributed by atoms with Crippen LogP contribution in [0.1, 0.15) is 13.3 Å². The molecule has 1 aromatic heterocycles. The number of pyridine rings is 1. The summed E-state index contributed by atoms with van der Waals surface area (Å²) in [6.45, 7) is 1.32. The van der Waals surface area contributed by atoms with Crippen LogP contribution in [-0.4, -0.2) is 17.2 Å². The molecular formula is C9H10F4N2. The molecule has 1 N–H and O–H groups in total. The monoisotopic (exact) mass is 222 g/mol. The lowest BCUT2D eigenvalue weighted by Crippen LogP contribution is -2.24. The van der Waals surface area contributed by atoms with E-state index in [1.807, 2.05) is 0 Å². The lowest BCUT2D eigenvalue weighted by Gasteiger charge is -2.16. The fraction of sp³-hybridized carbons (Fsp3) is 0.444. The summed E-state index contributed by atoms with van der Waals surface area (Å²) in [7, 11) is 0. The van der Waals surface area contributed by atoms with Gasteiger partial charge in [0, 0.05) is 12.2 Å². The Bertz CT molecular complexity index is 324. The number of halogens is 4. The summed E-state index contributed by atoms with van der Waals surface area (Å²) in [5, 5.41) is 2.36. The van der Waals surface area contributed by atoms with E-state index in [1.165, 1.54) is 19.2 Å². The predicted molar refractivity (Wildman–Crippen MR) is 48.0 cm³/mol. The Kier molecular flexibility index (Phi) is 3.49. The van der Waals surface area contributed by atoms with Crippen LogP contribution in [0, 0.1) is 5.82 Å². The molecule has 0 saturated carbocycles. The standard InChI is InChI=1S/C9H10F4N2/c1-6(5-9(11,12)13)15-8-7(10)3-2-4-14-8/h2-4,6H,5H2,1H3,(H,14,15). The molecule has 1 heterocycles. The van der Waals surface area contributed by atoms with Crippen LogP contribution in [-0.2, 0) is 0 Å². The van der Waals surface area contributed by atoms with E-state index in [0.29, 0.717) is 0 Å². The number of anilines is 1. The molecular weight excluding hydrogens is 212 g/mol. The van der Waals surface area contributed by atoms with Crippen LogP contribution in [0.5, 0.6) is 0 Å². The molecule has 6 heteroatoms. The minimum atomic E-state index is -4.27. The topological polar surface area (TPSA) is 24.9 Å². The SMILES string of the molecule is CC(CC(F)(F)F)Nc1ncccc1F. The van der Waals surface area contributed by atoms with Gasteiger partial charge in [-0.2, -0.15) is 13.2 Å². The number of rotatable bonds is 3. The second-order valence-corrected chi connectivity index (χ2v) is 3.20. The second kappa shape index (κ2) is 4.46. The van der Waals surface area contributed by atoms with Crippen molar-refractivity contribution >= 4 is 5.82 Å². The lowest BCUT2D eigenvalue weighted by molar-refractivity contribution is -0.136. The first-order chi connectivity index (χ1) is 6.88. The van der Waals surface area contributed by atoms with Gasteiger partial charge in [-0.05, 0) is 19.1 Å². The third-order valence-corrected chi connectivity index (χ3v) is 1.68. The molecule has 0 amide bonds. The highest BCUT2D eigenvalue weighted by Gasteiger charge is 2.30. The smallest absolute Gasteiger partial charge is 0.365 e. The fourth-order valence-electron chi connectivity index (χ4n) is 1.12. The van der Waals surface area contributed by atoms with E-state index >= 15 is 0 Å². The number of nitrogens with zero attached hydrogens (tertiary/aromatic N) is 1. The maximum absolute atomic E-state index is 13.0. The van der Waals surface area contributed by atoms with Crippen molar-refractivity contribution in [1.29, 1.82) is 0 Å². The van der Waals surface area contributed by atoms with Crippen molar-refractivity contribution in [3.63, 3.8) is 0 Å². The fourth-order valence-corrected chi connectivity index (χ4v) is 1.12. The minimum Gasteiger partial charge on any atom is -0.365 e. The maximum Gasteiger partial charge on any atom is 0.391 e. The Balaban J connectivity index is 2.59. The zero-order chi connectivity index (χ0) is 11.5. The third-order valence-electron chi connectivity index (χ3n) is 1.68. The number of nitrogens with one attached hydrogen (secondary N) is 1. The van der Waals surface area contributed by atoms with E-state index in [4.69, 9.17) is 0 Å². The van der Waals surface area contributed by atoms with E-state index < -0.39 is 24.5 Å². The van der Waals surface area contributed by atoms with E-state index in [9.17, 15) is 17.6 Å². The van der Waals surface area contributed by atoms with Gasteiger partial charge >= 0.3 is 6.18 Å². The first-order valence-corrected chi connectivity index (χ1v) is 4.32. The molecule has 1 rings (SSSR count). The molecule has 0 radical (unpaired) electrons. The molecule has 0 aliphatic rings. The largest absolute Gasteiger partial charge is 0.391 e. The first-order valence-electron chi connectivity index (χ1n) is 4.32. The van der Waals surface area contributed by atoms with Crippen LogP contribution in [0.25, 0.3) is 0 Å². The van der Waals surface area contributed by atoms with Crippen molar-refractivity contribution in [2.24, 2.45) is 0 Å². The predicted octanol–water partition coefficient (Wildman–Crippen LogP) is 2.97. The van der Waals surface area contributed by atoms with Gasteiger partial charge in [-0.1, -0.05) is 0 Å².